The topological polar surface area (TPSA) is 138 Å². The fourth-order valence-electron chi connectivity index (χ4n) is 3.89. The average Bonchev–Trinajstić information content (AvgIpc) is 3.56. The molecule has 0 spiro atoms. The van der Waals surface area contributed by atoms with Crippen LogP contribution in [0.4, 0.5) is 0 Å². The average molecular weight is 489 g/mol. The van der Waals surface area contributed by atoms with E-state index in [0.29, 0.717) is 40.7 Å². The van der Waals surface area contributed by atoms with Gasteiger partial charge in [0.2, 0.25) is 18.1 Å². The van der Waals surface area contributed by atoms with Crippen LogP contribution in [0.5, 0.6) is 11.5 Å². The number of nitrogens with zero attached hydrogens (tertiary/aromatic N) is 3. The zero-order valence-electron chi connectivity index (χ0n) is 19.6. The normalized spacial score (nSPS) is 12.9. The molecule has 2 aromatic heterocycles. The molecule has 0 radical (unpaired) electrons. The van der Waals surface area contributed by atoms with Gasteiger partial charge in [0.15, 0.2) is 17.3 Å². The first-order valence-corrected chi connectivity index (χ1v) is 11.4. The number of fused-ring (bicyclic) bond motifs is 2. The van der Waals surface area contributed by atoms with Crippen molar-refractivity contribution in [2.75, 3.05) is 6.79 Å². The molecule has 0 unspecified atom stereocenters. The monoisotopic (exact) mass is 489 g/mol. The van der Waals surface area contributed by atoms with E-state index >= 15 is 0 Å². The van der Waals surface area contributed by atoms with Crippen LogP contribution in [0.2, 0.25) is 0 Å². The van der Waals surface area contributed by atoms with Gasteiger partial charge in [-0.15, -0.1) is 0 Å². The van der Waals surface area contributed by atoms with Gasteiger partial charge in [0.05, 0.1) is 17.4 Å². The van der Waals surface area contributed by atoms with Crippen LogP contribution in [0.3, 0.4) is 0 Å². The number of nitrogens with one attached hydrogen (secondary N) is 2. The summed E-state index contributed by atoms with van der Waals surface area (Å²) in [5.74, 6) is 0.505. The fourth-order valence-corrected chi connectivity index (χ4v) is 3.89. The molecule has 3 heterocycles. The van der Waals surface area contributed by atoms with Gasteiger partial charge in [-0.3, -0.25) is 14.4 Å². The summed E-state index contributed by atoms with van der Waals surface area (Å²) in [4.78, 5) is 42.9. The van der Waals surface area contributed by atoms with E-state index in [4.69, 9.17) is 14.0 Å². The van der Waals surface area contributed by atoms with Crippen LogP contribution in [-0.2, 0) is 17.9 Å². The molecule has 0 aliphatic carbocycles. The molecular formula is C25H23N5O6. The lowest BCUT2D eigenvalue weighted by atomic mass is 10.1. The van der Waals surface area contributed by atoms with E-state index in [-0.39, 0.29) is 18.9 Å². The van der Waals surface area contributed by atoms with Crippen molar-refractivity contribution in [3.8, 4) is 23.0 Å². The van der Waals surface area contributed by atoms with Crippen LogP contribution in [0.1, 0.15) is 30.0 Å². The first kappa shape index (κ1) is 23.1. The Morgan fingerprint density at radius 1 is 1.14 bits per heavy atom. The predicted octanol–water partition coefficient (Wildman–Crippen LogP) is 2.23. The van der Waals surface area contributed by atoms with E-state index in [1.165, 1.54) is 13.1 Å². The smallest absolute Gasteiger partial charge is 0.257 e. The highest BCUT2D eigenvalue weighted by Crippen LogP contribution is 2.35. The summed E-state index contributed by atoms with van der Waals surface area (Å²) >= 11 is 0. The molecule has 11 nitrogen and oxygen atoms in total. The summed E-state index contributed by atoms with van der Waals surface area (Å²) in [5, 5.41) is 9.45. The maximum absolute atomic E-state index is 13.1. The Kier molecular flexibility index (Phi) is 6.11. The van der Waals surface area contributed by atoms with Gasteiger partial charge < -0.3 is 29.2 Å². The molecular weight excluding hydrogens is 466 g/mol. The van der Waals surface area contributed by atoms with Gasteiger partial charge in [0, 0.05) is 24.4 Å². The third-order valence-electron chi connectivity index (χ3n) is 5.81. The molecule has 0 fully saturated rings. The van der Waals surface area contributed by atoms with Gasteiger partial charge in [-0.2, -0.15) is 4.98 Å². The predicted molar refractivity (Wildman–Crippen MR) is 129 cm³/mol. The van der Waals surface area contributed by atoms with Crippen molar-refractivity contribution >= 4 is 22.7 Å². The molecule has 5 rings (SSSR count). The highest BCUT2D eigenvalue weighted by Gasteiger charge is 2.23. The number of rotatable bonds is 7. The number of pyridine rings is 1. The minimum absolute atomic E-state index is 0.0151. The Balaban J connectivity index is 1.27. The molecule has 0 saturated carbocycles. The lowest BCUT2D eigenvalue weighted by Crippen LogP contribution is -2.45. The number of hydrogen-bond acceptors (Lipinski definition) is 8. The number of hydrogen-bond donors (Lipinski definition) is 2. The SMILES string of the molecule is CCn1cc(C(=O)N[C@@H](C)C(=O)NCc2noc(-c3ccccc3)n2)c(=O)c2cc3c(cc21)OCO3. The number of carbonyl (C=O) groups is 2. The molecule has 0 saturated heterocycles. The minimum atomic E-state index is -0.917. The molecule has 1 aliphatic rings. The molecule has 0 bridgehead atoms. The van der Waals surface area contributed by atoms with Gasteiger partial charge in [-0.25, -0.2) is 0 Å². The Morgan fingerprint density at radius 2 is 1.89 bits per heavy atom. The Hall–Kier alpha value is -4.67. The van der Waals surface area contributed by atoms with Gasteiger partial charge in [0.25, 0.3) is 11.8 Å². The van der Waals surface area contributed by atoms with Gasteiger partial charge in [-0.1, -0.05) is 23.4 Å². The van der Waals surface area contributed by atoms with Crippen molar-refractivity contribution in [1.82, 2.24) is 25.3 Å². The quantitative estimate of drug-likeness (QED) is 0.403. The fraction of sp³-hybridized carbons (Fsp3) is 0.240. The number of carbonyl (C=O) groups excluding carboxylic acids is 2. The largest absolute Gasteiger partial charge is 0.454 e. The summed E-state index contributed by atoms with van der Waals surface area (Å²) in [6.45, 7) is 4.02. The summed E-state index contributed by atoms with van der Waals surface area (Å²) in [5.41, 5.74) is 0.858. The van der Waals surface area contributed by atoms with Crippen LogP contribution in [0.25, 0.3) is 22.4 Å². The van der Waals surface area contributed by atoms with Gasteiger partial charge in [0.1, 0.15) is 11.6 Å². The van der Waals surface area contributed by atoms with Gasteiger partial charge >= 0.3 is 0 Å². The van der Waals surface area contributed by atoms with E-state index in [1.807, 2.05) is 37.3 Å². The summed E-state index contributed by atoms with van der Waals surface area (Å²) in [7, 11) is 0. The minimum Gasteiger partial charge on any atom is -0.454 e. The molecule has 2 N–H and O–H groups in total. The molecule has 36 heavy (non-hydrogen) atoms. The second-order valence-corrected chi connectivity index (χ2v) is 8.18. The zero-order chi connectivity index (χ0) is 25.2. The molecule has 184 valence electrons. The lowest BCUT2D eigenvalue weighted by molar-refractivity contribution is -0.122. The standard InChI is InChI=1S/C25H23N5O6/c1-3-30-12-17(22(31)16-9-19-20(10-18(16)30)35-13-34-19)24(33)27-14(2)23(32)26-11-21-28-25(36-29-21)15-7-5-4-6-8-15/h4-10,12,14H,3,11,13H2,1-2H3,(H,26,32)(H,27,33)/t14-/m0/s1. The summed E-state index contributed by atoms with van der Waals surface area (Å²) < 4.78 is 17.8. The number of benzene rings is 2. The maximum atomic E-state index is 13.1. The Labute approximate surface area is 205 Å². The molecule has 2 aromatic carbocycles. The molecule has 2 amide bonds. The number of aromatic nitrogens is 3. The van der Waals surface area contributed by atoms with E-state index in [2.05, 4.69) is 20.8 Å². The summed E-state index contributed by atoms with van der Waals surface area (Å²) in [6, 6.07) is 11.6. The number of ether oxygens (including phenoxy) is 2. The Bertz CT molecular complexity index is 1510. The van der Waals surface area contributed by atoms with Gasteiger partial charge in [-0.05, 0) is 32.0 Å². The second kappa shape index (κ2) is 9.53. The molecule has 11 heteroatoms. The van der Waals surface area contributed by atoms with Crippen LogP contribution >= 0.6 is 0 Å². The molecule has 1 aliphatic heterocycles. The van der Waals surface area contributed by atoms with Crippen molar-refractivity contribution in [2.24, 2.45) is 0 Å². The first-order valence-electron chi connectivity index (χ1n) is 11.4. The van der Waals surface area contributed by atoms with Crippen molar-refractivity contribution in [3.05, 3.63) is 70.3 Å². The highest BCUT2D eigenvalue weighted by atomic mass is 16.7. The van der Waals surface area contributed by atoms with E-state index in [1.54, 1.807) is 16.7 Å². The molecule has 1 atom stereocenters. The van der Waals surface area contributed by atoms with E-state index < -0.39 is 23.3 Å². The van der Waals surface area contributed by atoms with Crippen LogP contribution in [0, 0.1) is 0 Å². The maximum Gasteiger partial charge on any atom is 0.257 e. The van der Waals surface area contributed by atoms with Crippen LogP contribution in [-0.4, -0.2) is 39.4 Å². The first-order chi connectivity index (χ1) is 17.4. The van der Waals surface area contributed by atoms with E-state index in [0.717, 1.165) is 5.56 Å². The summed E-state index contributed by atoms with van der Waals surface area (Å²) in [6.07, 6.45) is 1.48. The third kappa shape index (κ3) is 4.38. The van der Waals surface area contributed by atoms with Crippen molar-refractivity contribution in [2.45, 2.75) is 33.0 Å². The zero-order valence-corrected chi connectivity index (χ0v) is 19.6. The molecule has 4 aromatic rings. The number of amides is 2. The van der Waals surface area contributed by atoms with Crippen LogP contribution in [0.15, 0.2) is 58.0 Å². The lowest BCUT2D eigenvalue weighted by Gasteiger charge is -2.15. The Morgan fingerprint density at radius 3 is 2.64 bits per heavy atom. The van der Waals surface area contributed by atoms with Crippen molar-refractivity contribution < 1.29 is 23.6 Å². The van der Waals surface area contributed by atoms with Crippen molar-refractivity contribution in [3.63, 3.8) is 0 Å². The van der Waals surface area contributed by atoms with Crippen LogP contribution < -0.4 is 25.5 Å². The van der Waals surface area contributed by atoms with E-state index in [9.17, 15) is 14.4 Å². The van der Waals surface area contributed by atoms with Crippen molar-refractivity contribution in [1.29, 1.82) is 0 Å². The third-order valence-corrected chi connectivity index (χ3v) is 5.81. The second-order valence-electron chi connectivity index (χ2n) is 8.18. The highest BCUT2D eigenvalue weighted by molar-refractivity contribution is 6.00. The number of aryl methyl sites for hydroxylation is 1.